The highest BCUT2D eigenvalue weighted by atomic mass is 16.5. The Morgan fingerprint density at radius 3 is 2.48 bits per heavy atom. The van der Waals surface area contributed by atoms with Gasteiger partial charge < -0.3 is 20.5 Å². The second kappa shape index (κ2) is 8.20. The van der Waals surface area contributed by atoms with E-state index < -0.39 is 5.54 Å². The number of hydrogen-bond donors (Lipinski definition) is 3. The number of ether oxygens (including phenoxy) is 1. The SMILES string of the molecule is CC(C)Oc1ccc(CCNC(=O)NC2(CO)CCCC2)cc1. The summed E-state index contributed by atoms with van der Waals surface area (Å²) in [5.74, 6) is 0.862. The van der Waals surface area contributed by atoms with E-state index in [1.54, 1.807) is 0 Å². The molecule has 1 aliphatic rings. The van der Waals surface area contributed by atoms with Crippen LogP contribution in [0, 0.1) is 0 Å². The normalized spacial score (nSPS) is 16.3. The first-order valence-corrected chi connectivity index (χ1v) is 8.45. The fourth-order valence-corrected chi connectivity index (χ4v) is 2.99. The largest absolute Gasteiger partial charge is 0.491 e. The maximum atomic E-state index is 12.0. The number of urea groups is 1. The first-order valence-electron chi connectivity index (χ1n) is 8.45. The summed E-state index contributed by atoms with van der Waals surface area (Å²) in [6, 6.07) is 7.75. The Labute approximate surface area is 138 Å². The van der Waals surface area contributed by atoms with Crippen LogP contribution in [-0.4, -0.2) is 35.9 Å². The molecule has 0 aromatic heterocycles. The molecule has 1 aliphatic carbocycles. The van der Waals surface area contributed by atoms with Gasteiger partial charge in [-0.25, -0.2) is 4.79 Å². The molecule has 0 unspecified atom stereocenters. The highest BCUT2D eigenvalue weighted by molar-refractivity contribution is 5.74. The lowest BCUT2D eigenvalue weighted by Crippen LogP contribution is -2.53. The summed E-state index contributed by atoms with van der Waals surface area (Å²) in [7, 11) is 0. The average Bonchev–Trinajstić information content (AvgIpc) is 2.97. The van der Waals surface area contributed by atoms with E-state index in [4.69, 9.17) is 4.74 Å². The van der Waals surface area contributed by atoms with Gasteiger partial charge >= 0.3 is 6.03 Å². The van der Waals surface area contributed by atoms with Crippen molar-refractivity contribution in [1.29, 1.82) is 0 Å². The predicted octanol–water partition coefficient (Wildman–Crippen LogP) is 2.62. The quantitative estimate of drug-likeness (QED) is 0.723. The molecule has 0 heterocycles. The van der Waals surface area contributed by atoms with Gasteiger partial charge in [-0.2, -0.15) is 0 Å². The number of amides is 2. The summed E-state index contributed by atoms with van der Waals surface area (Å²) in [6.45, 7) is 4.58. The van der Waals surface area contributed by atoms with Crippen LogP contribution >= 0.6 is 0 Å². The Hall–Kier alpha value is -1.75. The number of carbonyl (C=O) groups is 1. The fourth-order valence-electron chi connectivity index (χ4n) is 2.99. The molecular formula is C18H28N2O3. The zero-order valence-electron chi connectivity index (χ0n) is 14.1. The molecule has 5 heteroatoms. The van der Waals surface area contributed by atoms with E-state index in [0.717, 1.165) is 43.4 Å². The van der Waals surface area contributed by atoms with Gasteiger partial charge in [-0.3, -0.25) is 0 Å². The lowest BCUT2D eigenvalue weighted by Gasteiger charge is -2.27. The average molecular weight is 320 g/mol. The standard InChI is InChI=1S/C18H28N2O3/c1-14(2)23-16-7-5-15(6-8-16)9-12-19-17(22)20-18(13-21)10-3-4-11-18/h5-8,14,21H,3-4,9-13H2,1-2H3,(H2,19,20,22). The molecule has 1 fully saturated rings. The molecule has 128 valence electrons. The molecular weight excluding hydrogens is 292 g/mol. The van der Waals surface area contributed by atoms with E-state index >= 15 is 0 Å². The van der Waals surface area contributed by atoms with Gasteiger partial charge in [0.15, 0.2) is 0 Å². The number of aliphatic hydroxyl groups excluding tert-OH is 1. The monoisotopic (exact) mass is 320 g/mol. The van der Waals surface area contributed by atoms with Gasteiger partial charge in [-0.05, 0) is 50.8 Å². The minimum absolute atomic E-state index is 0.0116. The lowest BCUT2D eigenvalue weighted by molar-refractivity contribution is 0.163. The van der Waals surface area contributed by atoms with Crippen molar-refractivity contribution in [1.82, 2.24) is 10.6 Å². The molecule has 1 aromatic carbocycles. The molecule has 0 aliphatic heterocycles. The van der Waals surface area contributed by atoms with Crippen molar-refractivity contribution in [2.45, 2.75) is 57.6 Å². The third kappa shape index (κ3) is 5.43. The van der Waals surface area contributed by atoms with E-state index in [2.05, 4.69) is 10.6 Å². The van der Waals surface area contributed by atoms with Crippen LogP contribution in [0.25, 0.3) is 0 Å². The minimum Gasteiger partial charge on any atom is -0.491 e. The topological polar surface area (TPSA) is 70.6 Å². The number of nitrogens with one attached hydrogen (secondary N) is 2. The molecule has 3 N–H and O–H groups in total. The van der Waals surface area contributed by atoms with Crippen LogP contribution in [0.4, 0.5) is 4.79 Å². The van der Waals surface area contributed by atoms with Gasteiger partial charge in [0, 0.05) is 6.54 Å². The van der Waals surface area contributed by atoms with Crippen molar-refractivity contribution in [3.05, 3.63) is 29.8 Å². The Balaban J connectivity index is 1.73. The van der Waals surface area contributed by atoms with E-state index in [0.29, 0.717) is 6.54 Å². The van der Waals surface area contributed by atoms with Crippen molar-refractivity contribution >= 4 is 6.03 Å². The molecule has 5 nitrogen and oxygen atoms in total. The Kier molecular flexibility index (Phi) is 6.28. The predicted molar refractivity (Wildman–Crippen MR) is 90.7 cm³/mol. The highest BCUT2D eigenvalue weighted by Gasteiger charge is 2.34. The van der Waals surface area contributed by atoms with Gasteiger partial charge in [0.25, 0.3) is 0 Å². The van der Waals surface area contributed by atoms with E-state index in [-0.39, 0.29) is 18.7 Å². The highest BCUT2D eigenvalue weighted by Crippen LogP contribution is 2.28. The van der Waals surface area contributed by atoms with Gasteiger partial charge in [0.1, 0.15) is 5.75 Å². The molecule has 0 saturated heterocycles. The Bertz CT molecular complexity index is 493. The molecule has 23 heavy (non-hydrogen) atoms. The number of carbonyl (C=O) groups excluding carboxylic acids is 1. The molecule has 0 spiro atoms. The maximum Gasteiger partial charge on any atom is 0.315 e. The molecule has 0 bridgehead atoms. The van der Waals surface area contributed by atoms with Crippen molar-refractivity contribution in [3.8, 4) is 5.75 Å². The fraction of sp³-hybridized carbons (Fsp3) is 0.611. The minimum atomic E-state index is -0.417. The Morgan fingerprint density at radius 1 is 1.26 bits per heavy atom. The zero-order valence-corrected chi connectivity index (χ0v) is 14.1. The van der Waals surface area contributed by atoms with Crippen LogP contribution in [0.3, 0.4) is 0 Å². The summed E-state index contributed by atoms with van der Waals surface area (Å²) in [5, 5.41) is 15.3. The summed E-state index contributed by atoms with van der Waals surface area (Å²) in [4.78, 5) is 12.0. The van der Waals surface area contributed by atoms with Crippen molar-refractivity contribution in [3.63, 3.8) is 0 Å². The van der Waals surface area contributed by atoms with Crippen molar-refractivity contribution in [2.24, 2.45) is 0 Å². The summed E-state index contributed by atoms with van der Waals surface area (Å²) in [5.41, 5.74) is 0.735. The van der Waals surface area contributed by atoms with E-state index in [1.165, 1.54) is 0 Å². The van der Waals surface area contributed by atoms with Gasteiger partial charge in [-0.15, -0.1) is 0 Å². The van der Waals surface area contributed by atoms with Gasteiger partial charge in [0.05, 0.1) is 18.2 Å². The third-order valence-electron chi connectivity index (χ3n) is 4.24. The third-order valence-corrected chi connectivity index (χ3v) is 4.24. The van der Waals surface area contributed by atoms with Gasteiger partial charge in [-0.1, -0.05) is 25.0 Å². The van der Waals surface area contributed by atoms with Crippen LogP contribution in [0.5, 0.6) is 5.75 Å². The van der Waals surface area contributed by atoms with Crippen LogP contribution in [0.15, 0.2) is 24.3 Å². The molecule has 1 saturated carbocycles. The number of aliphatic hydroxyl groups is 1. The van der Waals surface area contributed by atoms with E-state index in [9.17, 15) is 9.90 Å². The smallest absolute Gasteiger partial charge is 0.315 e. The molecule has 2 rings (SSSR count). The van der Waals surface area contributed by atoms with Gasteiger partial charge in [0.2, 0.25) is 0 Å². The number of benzene rings is 1. The molecule has 2 amide bonds. The summed E-state index contributed by atoms with van der Waals surface area (Å²) in [6.07, 6.45) is 4.77. The van der Waals surface area contributed by atoms with E-state index in [1.807, 2.05) is 38.1 Å². The molecule has 0 radical (unpaired) electrons. The second-order valence-electron chi connectivity index (χ2n) is 6.59. The van der Waals surface area contributed by atoms with Crippen LogP contribution in [0.1, 0.15) is 45.1 Å². The number of rotatable bonds is 7. The first kappa shape index (κ1) is 17.6. The zero-order chi connectivity index (χ0) is 16.7. The summed E-state index contributed by atoms with van der Waals surface area (Å²) >= 11 is 0. The van der Waals surface area contributed by atoms with Crippen LogP contribution in [-0.2, 0) is 6.42 Å². The van der Waals surface area contributed by atoms with Crippen LogP contribution < -0.4 is 15.4 Å². The lowest BCUT2D eigenvalue weighted by atomic mass is 9.99. The number of hydrogen-bond acceptors (Lipinski definition) is 3. The first-order chi connectivity index (χ1) is 11.0. The summed E-state index contributed by atoms with van der Waals surface area (Å²) < 4.78 is 5.61. The van der Waals surface area contributed by atoms with Crippen molar-refractivity contribution < 1.29 is 14.6 Å². The molecule has 0 atom stereocenters. The Morgan fingerprint density at radius 2 is 1.91 bits per heavy atom. The maximum absolute atomic E-state index is 12.0. The van der Waals surface area contributed by atoms with Crippen LogP contribution in [0.2, 0.25) is 0 Å². The molecule has 1 aromatic rings. The second-order valence-corrected chi connectivity index (χ2v) is 6.59. The van der Waals surface area contributed by atoms with Crippen molar-refractivity contribution in [2.75, 3.05) is 13.2 Å².